The fourth-order valence-electron chi connectivity index (χ4n) is 0.950. The molecule has 0 atom stereocenters. The zero-order chi connectivity index (χ0) is 11.1. The highest BCUT2D eigenvalue weighted by Crippen LogP contribution is 2.10. The van der Waals surface area contributed by atoms with Crippen LogP contribution in [0.5, 0.6) is 0 Å². The van der Waals surface area contributed by atoms with E-state index in [-0.39, 0.29) is 1.43 Å². The van der Waals surface area contributed by atoms with E-state index >= 15 is 0 Å². The van der Waals surface area contributed by atoms with Crippen molar-refractivity contribution in [3.05, 3.63) is 40.9 Å². The smallest absolute Gasteiger partial charge is 0.296 e. The molecule has 0 bridgehead atoms. The molecule has 2 aromatic rings. The van der Waals surface area contributed by atoms with Crippen molar-refractivity contribution in [2.24, 2.45) is 0 Å². The summed E-state index contributed by atoms with van der Waals surface area (Å²) in [5.74, 6) is -0.0746. The molecule has 82 valence electrons. The summed E-state index contributed by atoms with van der Waals surface area (Å²) < 4.78 is 4.36. The van der Waals surface area contributed by atoms with Crippen LogP contribution >= 0.6 is 0 Å². The molecular weight excluding hydrogens is 192 g/mol. The summed E-state index contributed by atoms with van der Waals surface area (Å²) >= 11 is 0. The molecule has 1 heterocycles. The predicted octanol–water partition coefficient (Wildman–Crippen LogP) is 2.69. The number of H-pyrrole nitrogens is 1. The fraction of sp³-hybridized carbons (Fsp3) is 0.273. The van der Waals surface area contributed by atoms with Gasteiger partial charge >= 0.3 is 5.76 Å². The third-order valence-electron chi connectivity index (χ3n) is 1.49. The van der Waals surface area contributed by atoms with Crippen LogP contribution in [0, 0.1) is 0 Å². The molecule has 0 spiro atoms. The quantitative estimate of drug-likeness (QED) is 0.783. The van der Waals surface area contributed by atoms with Crippen molar-refractivity contribution < 1.29 is 5.95 Å². The highest BCUT2D eigenvalue weighted by Gasteiger charge is 2.01. The summed E-state index contributed by atoms with van der Waals surface area (Å²) in [6.07, 6.45) is 1.25. The van der Waals surface area contributed by atoms with Gasteiger partial charge in [-0.1, -0.05) is 55.8 Å². The van der Waals surface area contributed by atoms with Gasteiger partial charge in [-0.15, -0.1) is 0 Å². The third-order valence-corrected chi connectivity index (χ3v) is 1.49. The van der Waals surface area contributed by atoms with Crippen molar-refractivity contribution in [1.82, 2.24) is 10.1 Å². The molecule has 0 radical (unpaired) electrons. The molecule has 0 saturated carbocycles. The van der Waals surface area contributed by atoms with Crippen LogP contribution in [0.2, 0.25) is 0 Å². The monoisotopic (exact) mass is 208 g/mol. The van der Waals surface area contributed by atoms with Crippen molar-refractivity contribution in [2.75, 3.05) is 0 Å². The van der Waals surface area contributed by atoms with Gasteiger partial charge < -0.3 is 0 Å². The van der Waals surface area contributed by atoms with E-state index in [9.17, 15) is 4.79 Å². The van der Waals surface area contributed by atoms with Gasteiger partial charge in [0.25, 0.3) is 0 Å². The van der Waals surface area contributed by atoms with Gasteiger partial charge in [0.2, 0.25) is 0 Å². The maximum atomic E-state index is 10.6. The van der Waals surface area contributed by atoms with Crippen LogP contribution < -0.4 is 5.76 Å². The van der Waals surface area contributed by atoms with E-state index < -0.39 is 5.76 Å². The second-order valence-electron chi connectivity index (χ2n) is 3.02. The van der Waals surface area contributed by atoms with Crippen LogP contribution in [-0.2, 0) is 0 Å². The number of nitrogens with one attached hydrogen (secondary N) is 1. The Morgan fingerprint density at radius 2 is 1.93 bits per heavy atom. The van der Waals surface area contributed by atoms with Gasteiger partial charge in [0.15, 0.2) is 5.82 Å². The topological polar surface area (TPSA) is 58.9 Å². The second-order valence-corrected chi connectivity index (χ2v) is 3.02. The first kappa shape index (κ1) is 11.2. The minimum absolute atomic E-state index is 0. The Labute approximate surface area is 89.4 Å². The number of hydrogen-bond acceptors (Lipinski definition) is 3. The molecule has 0 aliphatic heterocycles. The van der Waals surface area contributed by atoms with Crippen molar-refractivity contribution in [2.45, 2.75) is 20.3 Å². The molecule has 0 aliphatic rings. The largest absolute Gasteiger partial charge is 0.439 e. The second kappa shape index (κ2) is 5.80. The molecule has 0 fully saturated rings. The first-order valence-electron chi connectivity index (χ1n) is 4.89. The van der Waals surface area contributed by atoms with E-state index in [1.807, 2.05) is 30.3 Å². The lowest BCUT2D eigenvalue weighted by Crippen LogP contribution is -1.94. The molecule has 0 unspecified atom stereocenters. The van der Waals surface area contributed by atoms with Gasteiger partial charge in [0.05, 0.1) is 0 Å². The molecule has 0 amide bonds. The summed E-state index contributed by atoms with van der Waals surface area (Å²) in [5, 5.41) is 3.54. The molecule has 1 N–H and O–H groups in total. The van der Waals surface area contributed by atoms with Crippen molar-refractivity contribution in [3.8, 4) is 11.4 Å². The lowest BCUT2D eigenvalue weighted by atomic mass is 10.2. The van der Waals surface area contributed by atoms with Crippen LogP contribution in [0.25, 0.3) is 11.4 Å². The molecule has 15 heavy (non-hydrogen) atoms. The highest BCUT2D eigenvalue weighted by molar-refractivity contribution is 5.52. The zero-order valence-electron chi connectivity index (χ0n) is 8.86. The Kier molecular flexibility index (Phi) is 4.34. The molecular formula is C11H16N2O2. The van der Waals surface area contributed by atoms with E-state index in [1.54, 1.807) is 0 Å². The lowest BCUT2D eigenvalue weighted by Gasteiger charge is -1.90. The first-order chi connectivity index (χ1) is 7.27. The Balaban J connectivity index is 0.000000511. The lowest BCUT2D eigenvalue weighted by molar-refractivity contribution is 0.388. The van der Waals surface area contributed by atoms with Crippen molar-refractivity contribution in [3.63, 3.8) is 0 Å². The standard InChI is InChI=1S/C8H6N2O2.C3H8.H2/c11-8-9-7(10-12-8)6-4-2-1-3-5-6;1-3-2;/h1-5H,(H,9,10,11);3H2,1-2H3;1H. The summed E-state index contributed by atoms with van der Waals surface area (Å²) in [5.41, 5.74) is 0.836. The number of aromatic nitrogens is 2. The van der Waals surface area contributed by atoms with Gasteiger partial charge in [-0.2, -0.15) is 0 Å². The summed E-state index contributed by atoms with van der Waals surface area (Å²) in [6.45, 7) is 4.25. The molecule has 0 saturated heterocycles. The van der Waals surface area contributed by atoms with E-state index in [2.05, 4.69) is 28.5 Å². The predicted molar refractivity (Wildman–Crippen MR) is 60.6 cm³/mol. The number of aromatic amines is 1. The first-order valence-corrected chi connectivity index (χ1v) is 4.89. The molecule has 2 rings (SSSR count). The number of benzene rings is 1. The molecule has 1 aromatic heterocycles. The minimum atomic E-state index is -0.533. The summed E-state index contributed by atoms with van der Waals surface area (Å²) in [6, 6.07) is 9.30. The Hall–Kier alpha value is -1.84. The molecule has 4 heteroatoms. The van der Waals surface area contributed by atoms with E-state index in [0.717, 1.165) is 5.56 Å². The van der Waals surface area contributed by atoms with Crippen LogP contribution in [0.3, 0.4) is 0 Å². The normalized spacial score (nSPS) is 9.20. The Morgan fingerprint density at radius 1 is 1.33 bits per heavy atom. The average Bonchev–Trinajstić information content (AvgIpc) is 2.67. The summed E-state index contributed by atoms with van der Waals surface area (Å²) in [4.78, 5) is 13.0. The maximum absolute atomic E-state index is 10.6. The summed E-state index contributed by atoms with van der Waals surface area (Å²) in [7, 11) is 0. The fourth-order valence-corrected chi connectivity index (χ4v) is 0.950. The van der Waals surface area contributed by atoms with E-state index in [1.165, 1.54) is 6.42 Å². The van der Waals surface area contributed by atoms with Gasteiger partial charge in [-0.05, 0) is 0 Å². The molecule has 0 aliphatic carbocycles. The zero-order valence-corrected chi connectivity index (χ0v) is 8.86. The molecule has 1 aromatic carbocycles. The SMILES string of the molecule is CCC.O=c1[nH]c(-c2ccccc2)no1.[HH]. The van der Waals surface area contributed by atoms with Crippen LogP contribution in [0.15, 0.2) is 39.6 Å². The Morgan fingerprint density at radius 3 is 2.40 bits per heavy atom. The Bertz CT molecular complexity index is 437. The number of nitrogens with zero attached hydrogens (tertiary/aromatic N) is 1. The average molecular weight is 208 g/mol. The van der Waals surface area contributed by atoms with Gasteiger partial charge in [0, 0.05) is 6.99 Å². The van der Waals surface area contributed by atoms with E-state index in [4.69, 9.17) is 0 Å². The minimum Gasteiger partial charge on any atom is -0.296 e. The number of rotatable bonds is 1. The molecule has 4 nitrogen and oxygen atoms in total. The highest BCUT2D eigenvalue weighted by atomic mass is 16.5. The van der Waals surface area contributed by atoms with Gasteiger partial charge in [-0.3, -0.25) is 9.51 Å². The van der Waals surface area contributed by atoms with Gasteiger partial charge in [-0.25, -0.2) is 4.79 Å². The van der Waals surface area contributed by atoms with Crippen LogP contribution in [0.1, 0.15) is 21.7 Å². The van der Waals surface area contributed by atoms with Gasteiger partial charge in [0.1, 0.15) is 0 Å². The van der Waals surface area contributed by atoms with Crippen molar-refractivity contribution in [1.29, 1.82) is 0 Å². The van der Waals surface area contributed by atoms with Crippen molar-refractivity contribution >= 4 is 0 Å². The van der Waals surface area contributed by atoms with Crippen LogP contribution in [0.4, 0.5) is 0 Å². The van der Waals surface area contributed by atoms with Crippen LogP contribution in [-0.4, -0.2) is 10.1 Å². The third kappa shape index (κ3) is 3.42. The maximum Gasteiger partial charge on any atom is 0.439 e. The number of hydrogen-bond donors (Lipinski definition) is 1. The van der Waals surface area contributed by atoms with E-state index in [0.29, 0.717) is 5.82 Å².